The van der Waals surface area contributed by atoms with Gasteiger partial charge < -0.3 is 20.4 Å². The van der Waals surface area contributed by atoms with Crippen molar-refractivity contribution in [2.45, 2.75) is 25.3 Å². The minimum atomic E-state index is -0.160. The molecule has 6 nitrogen and oxygen atoms in total. The maximum absolute atomic E-state index is 12.5. The SMILES string of the molecule is CN(C)C1CCN(c2ccc(NC(=O)c3ccc(NC(=O)C4CC4)cc3)cc2)C1. The molecule has 1 saturated carbocycles. The summed E-state index contributed by atoms with van der Waals surface area (Å²) < 4.78 is 0. The molecule has 152 valence electrons. The molecule has 2 aromatic rings. The van der Waals surface area contributed by atoms with E-state index >= 15 is 0 Å². The predicted octanol–water partition coefficient (Wildman–Crippen LogP) is 3.43. The molecule has 2 N–H and O–H groups in total. The maximum Gasteiger partial charge on any atom is 0.255 e. The van der Waals surface area contributed by atoms with Crippen LogP contribution in [0.4, 0.5) is 17.1 Å². The van der Waals surface area contributed by atoms with Gasteiger partial charge >= 0.3 is 0 Å². The highest BCUT2D eigenvalue weighted by atomic mass is 16.2. The number of hydrogen-bond donors (Lipinski definition) is 2. The van der Waals surface area contributed by atoms with Crippen LogP contribution in [0.25, 0.3) is 0 Å². The van der Waals surface area contributed by atoms with E-state index in [1.807, 2.05) is 12.1 Å². The third-order valence-corrected chi connectivity index (χ3v) is 5.75. The van der Waals surface area contributed by atoms with Crippen LogP contribution >= 0.6 is 0 Å². The molecule has 2 aliphatic rings. The van der Waals surface area contributed by atoms with Crippen LogP contribution in [-0.2, 0) is 4.79 Å². The first-order valence-electron chi connectivity index (χ1n) is 10.2. The molecule has 0 spiro atoms. The maximum atomic E-state index is 12.5. The molecule has 0 bridgehead atoms. The van der Waals surface area contributed by atoms with Gasteiger partial charge in [0.05, 0.1) is 0 Å². The van der Waals surface area contributed by atoms with Crippen LogP contribution in [0.5, 0.6) is 0 Å². The fraction of sp³-hybridized carbons (Fsp3) is 0.391. The number of nitrogens with zero attached hydrogens (tertiary/aromatic N) is 2. The van der Waals surface area contributed by atoms with Crippen molar-refractivity contribution in [2.75, 3.05) is 42.7 Å². The zero-order valence-corrected chi connectivity index (χ0v) is 17.0. The van der Waals surface area contributed by atoms with E-state index in [1.54, 1.807) is 24.3 Å². The van der Waals surface area contributed by atoms with Crippen LogP contribution in [0, 0.1) is 5.92 Å². The largest absolute Gasteiger partial charge is 0.370 e. The highest BCUT2D eigenvalue weighted by Gasteiger charge is 2.29. The Morgan fingerprint density at radius 3 is 2.10 bits per heavy atom. The monoisotopic (exact) mass is 392 g/mol. The van der Waals surface area contributed by atoms with E-state index in [0.717, 1.165) is 37.3 Å². The molecule has 1 aliphatic carbocycles. The molecule has 1 saturated heterocycles. The van der Waals surface area contributed by atoms with Crippen LogP contribution in [0.15, 0.2) is 48.5 Å². The number of likely N-dealkylation sites (N-methyl/N-ethyl adjacent to an activating group) is 1. The lowest BCUT2D eigenvalue weighted by atomic mass is 10.1. The molecule has 0 radical (unpaired) electrons. The normalized spacial score (nSPS) is 18.7. The molecule has 1 atom stereocenters. The van der Waals surface area contributed by atoms with Crippen molar-refractivity contribution in [3.8, 4) is 0 Å². The first-order chi connectivity index (χ1) is 14.0. The fourth-order valence-corrected chi connectivity index (χ4v) is 3.65. The van der Waals surface area contributed by atoms with Gasteiger partial charge in [0.25, 0.3) is 5.91 Å². The van der Waals surface area contributed by atoms with E-state index in [9.17, 15) is 9.59 Å². The topological polar surface area (TPSA) is 64.7 Å². The summed E-state index contributed by atoms with van der Waals surface area (Å²) in [5.74, 6) is 0.0686. The molecule has 2 amide bonds. The van der Waals surface area contributed by atoms with Gasteiger partial charge in [-0.3, -0.25) is 9.59 Å². The number of carbonyl (C=O) groups excluding carboxylic acids is 2. The summed E-state index contributed by atoms with van der Waals surface area (Å²) in [6.45, 7) is 2.08. The van der Waals surface area contributed by atoms with E-state index in [-0.39, 0.29) is 17.7 Å². The molecule has 1 unspecified atom stereocenters. The number of benzene rings is 2. The Kier molecular flexibility index (Phi) is 5.53. The van der Waals surface area contributed by atoms with Crippen molar-refractivity contribution in [1.82, 2.24) is 4.90 Å². The van der Waals surface area contributed by atoms with Crippen molar-refractivity contribution in [1.29, 1.82) is 0 Å². The van der Waals surface area contributed by atoms with Gasteiger partial charge in [0.15, 0.2) is 0 Å². The van der Waals surface area contributed by atoms with Crippen LogP contribution in [0.3, 0.4) is 0 Å². The minimum Gasteiger partial charge on any atom is -0.370 e. The van der Waals surface area contributed by atoms with E-state index < -0.39 is 0 Å². The third-order valence-electron chi connectivity index (χ3n) is 5.75. The van der Waals surface area contributed by atoms with Gasteiger partial charge in [-0.25, -0.2) is 0 Å². The van der Waals surface area contributed by atoms with Crippen molar-refractivity contribution in [2.24, 2.45) is 5.92 Å². The zero-order valence-electron chi connectivity index (χ0n) is 17.0. The summed E-state index contributed by atoms with van der Waals surface area (Å²) in [5.41, 5.74) is 3.24. The van der Waals surface area contributed by atoms with E-state index in [2.05, 4.69) is 46.7 Å². The Balaban J connectivity index is 1.33. The Bertz CT molecular complexity index is 873. The third kappa shape index (κ3) is 4.77. The average molecular weight is 393 g/mol. The summed E-state index contributed by atoms with van der Waals surface area (Å²) >= 11 is 0. The Hall–Kier alpha value is -2.86. The summed E-state index contributed by atoms with van der Waals surface area (Å²) in [6.07, 6.45) is 3.11. The van der Waals surface area contributed by atoms with Crippen molar-refractivity contribution < 1.29 is 9.59 Å². The lowest BCUT2D eigenvalue weighted by Crippen LogP contribution is -2.31. The first kappa shape index (κ1) is 19.5. The highest BCUT2D eigenvalue weighted by molar-refractivity contribution is 6.04. The molecular formula is C23H28N4O2. The van der Waals surface area contributed by atoms with Crippen molar-refractivity contribution in [3.63, 3.8) is 0 Å². The van der Waals surface area contributed by atoms with Gasteiger partial charge in [-0.2, -0.15) is 0 Å². The highest BCUT2D eigenvalue weighted by Crippen LogP contribution is 2.30. The summed E-state index contributed by atoms with van der Waals surface area (Å²) in [6, 6.07) is 15.6. The van der Waals surface area contributed by atoms with Gasteiger partial charge in [-0.1, -0.05) is 0 Å². The molecule has 1 aliphatic heterocycles. The number of anilines is 3. The molecule has 29 heavy (non-hydrogen) atoms. The number of nitrogens with one attached hydrogen (secondary N) is 2. The second-order valence-corrected chi connectivity index (χ2v) is 8.19. The zero-order chi connectivity index (χ0) is 20.4. The first-order valence-corrected chi connectivity index (χ1v) is 10.2. The standard InChI is InChI=1S/C23H28N4O2/c1-26(2)21-13-14-27(15-21)20-11-9-19(10-12-20)25-23(29)17-5-7-18(8-6-17)24-22(28)16-3-4-16/h5-12,16,21H,3-4,13-15H2,1-2H3,(H,24,28)(H,25,29). The molecular weight excluding hydrogens is 364 g/mol. The second kappa shape index (κ2) is 8.25. The quantitative estimate of drug-likeness (QED) is 0.791. The second-order valence-electron chi connectivity index (χ2n) is 8.19. The minimum absolute atomic E-state index is 0.0668. The lowest BCUT2D eigenvalue weighted by molar-refractivity contribution is -0.117. The number of carbonyl (C=O) groups is 2. The van der Waals surface area contributed by atoms with E-state index in [0.29, 0.717) is 11.6 Å². The van der Waals surface area contributed by atoms with Crippen LogP contribution in [0.1, 0.15) is 29.6 Å². The summed E-state index contributed by atoms with van der Waals surface area (Å²) in [4.78, 5) is 29.0. The smallest absolute Gasteiger partial charge is 0.255 e. The van der Waals surface area contributed by atoms with Gasteiger partial charge in [-0.15, -0.1) is 0 Å². The number of amides is 2. The van der Waals surface area contributed by atoms with Crippen molar-refractivity contribution in [3.05, 3.63) is 54.1 Å². The number of rotatable bonds is 6. The number of hydrogen-bond acceptors (Lipinski definition) is 4. The van der Waals surface area contributed by atoms with E-state index in [4.69, 9.17) is 0 Å². The molecule has 2 fully saturated rings. The Labute approximate surface area is 171 Å². The average Bonchev–Trinajstić information content (AvgIpc) is 3.45. The van der Waals surface area contributed by atoms with Gasteiger partial charge in [0.2, 0.25) is 5.91 Å². The summed E-state index contributed by atoms with van der Waals surface area (Å²) in [7, 11) is 4.25. The molecule has 2 aromatic carbocycles. The fourth-order valence-electron chi connectivity index (χ4n) is 3.65. The molecule has 6 heteroatoms. The van der Waals surface area contributed by atoms with Crippen LogP contribution in [0.2, 0.25) is 0 Å². The Morgan fingerprint density at radius 1 is 0.897 bits per heavy atom. The lowest BCUT2D eigenvalue weighted by Gasteiger charge is -2.22. The molecule has 4 rings (SSSR count). The van der Waals surface area contributed by atoms with Crippen molar-refractivity contribution >= 4 is 28.9 Å². The van der Waals surface area contributed by atoms with Crippen LogP contribution < -0.4 is 15.5 Å². The Morgan fingerprint density at radius 2 is 1.52 bits per heavy atom. The van der Waals surface area contributed by atoms with Gasteiger partial charge in [-0.05, 0) is 81.9 Å². The van der Waals surface area contributed by atoms with Gasteiger partial charge in [0.1, 0.15) is 0 Å². The van der Waals surface area contributed by atoms with E-state index in [1.165, 1.54) is 12.1 Å². The predicted molar refractivity (Wildman–Crippen MR) is 116 cm³/mol. The van der Waals surface area contributed by atoms with Gasteiger partial charge in [0, 0.05) is 47.7 Å². The van der Waals surface area contributed by atoms with Crippen LogP contribution in [-0.4, -0.2) is 49.9 Å². The summed E-state index contributed by atoms with van der Waals surface area (Å²) in [5, 5.41) is 5.82. The molecule has 1 heterocycles. The molecule has 0 aromatic heterocycles.